The van der Waals surface area contributed by atoms with E-state index in [1.165, 1.54) is 6.42 Å². The third-order valence-corrected chi connectivity index (χ3v) is 3.19. The number of hydrogen-bond acceptors (Lipinski definition) is 2. The second-order valence-electron chi connectivity index (χ2n) is 4.83. The second-order valence-corrected chi connectivity index (χ2v) is 4.83. The molecular weight excluding hydrogens is 212 g/mol. The third-order valence-electron chi connectivity index (χ3n) is 3.19. The molecule has 0 bridgehead atoms. The molecule has 0 aliphatic rings. The molecule has 1 aromatic rings. The average Bonchev–Trinajstić information content (AvgIpc) is 2.21. The summed E-state index contributed by atoms with van der Waals surface area (Å²) in [5, 5.41) is 0. The highest BCUT2D eigenvalue weighted by molar-refractivity contribution is 5.28. The Labute approximate surface area is 104 Å². The van der Waals surface area contributed by atoms with Gasteiger partial charge in [0.25, 0.3) is 5.56 Å². The molecule has 0 radical (unpaired) electrons. The number of hydrogen-bond donors (Lipinski definition) is 1. The van der Waals surface area contributed by atoms with Gasteiger partial charge in [0, 0.05) is 23.8 Å². The largest absolute Gasteiger partial charge is 0.324 e. The number of unbranched alkanes of at least 4 members (excludes halogenated alkanes) is 2. The molecule has 3 heteroatoms. The summed E-state index contributed by atoms with van der Waals surface area (Å²) in [5.74, 6) is 0. The summed E-state index contributed by atoms with van der Waals surface area (Å²) in [5.41, 5.74) is 8.77. The van der Waals surface area contributed by atoms with Crippen LogP contribution in [-0.2, 0) is 6.54 Å². The summed E-state index contributed by atoms with van der Waals surface area (Å²) in [7, 11) is 0. The van der Waals surface area contributed by atoms with Crippen molar-refractivity contribution in [3.8, 4) is 0 Å². The van der Waals surface area contributed by atoms with Crippen LogP contribution in [0.1, 0.15) is 56.0 Å². The predicted molar refractivity (Wildman–Crippen MR) is 72.3 cm³/mol. The molecule has 0 saturated carbocycles. The minimum atomic E-state index is -0.194. The molecule has 2 N–H and O–H groups in total. The molecule has 1 unspecified atom stereocenters. The van der Waals surface area contributed by atoms with Gasteiger partial charge in [-0.1, -0.05) is 19.8 Å². The highest BCUT2D eigenvalue weighted by atomic mass is 16.1. The van der Waals surface area contributed by atoms with Gasteiger partial charge in [0.15, 0.2) is 0 Å². The normalized spacial score (nSPS) is 12.8. The molecule has 1 atom stereocenters. The SMILES string of the molecule is CCCCCn1c(C)cc(C)c(C(C)N)c1=O. The van der Waals surface area contributed by atoms with Crippen LogP contribution in [0.4, 0.5) is 0 Å². The van der Waals surface area contributed by atoms with E-state index in [0.717, 1.165) is 36.2 Å². The smallest absolute Gasteiger partial charge is 0.255 e. The number of aromatic nitrogens is 1. The van der Waals surface area contributed by atoms with Crippen molar-refractivity contribution in [2.24, 2.45) is 5.73 Å². The first kappa shape index (κ1) is 14.0. The van der Waals surface area contributed by atoms with Gasteiger partial charge in [0.05, 0.1) is 0 Å². The Bertz CT molecular complexity index is 433. The molecule has 1 rings (SSSR count). The lowest BCUT2D eigenvalue weighted by atomic mass is 10.0. The van der Waals surface area contributed by atoms with Crippen LogP contribution in [0.2, 0.25) is 0 Å². The molecular formula is C14H24N2O. The van der Waals surface area contributed by atoms with E-state index in [-0.39, 0.29) is 11.6 Å². The van der Waals surface area contributed by atoms with Gasteiger partial charge in [-0.2, -0.15) is 0 Å². The summed E-state index contributed by atoms with van der Waals surface area (Å²) in [6.45, 7) is 8.79. The Morgan fingerprint density at radius 2 is 2.00 bits per heavy atom. The summed E-state index contributed by atoms with van der Waals surface area (Å²) >= 11 is 0. The van der Waals surface area contributed by atoms with Crippen molar-refractivity contribution < 1.29 is 0 Å². The number of rotatable bonds is 5. The van der Waals surface area contributed by atoms with Crippen molar-refractivity contribution in [3.63, 3.8) is 0 Å². The number of pyridine rings is 1. The number of nitrogens with two attached hydrogens (primary N) is 1. The molecule has 96 valence electrons. The molecule has 0 aliphatic heterocycles. The first-order valence-electron chi connectivity index (χ1n) is 6.45. The van der Waals surface area contributed by atoms with Crippen LogP contribution in [0, 0.1) is 13.8 Å². The Morgan fingerprint density at radius 3 is 2.53 bits per heavy atom. The van der Waals surface area contributed by atoms with Gasteiger partial charge < -0.3 is 10.3 Å². The van der Waals surface area contributed by atoms with Gasteiger partial charge in [-0.15, -0.1) is 0 Å². The quantitative estimate of drug-likeness (QED) is 0.799. The number of aryl methyl sites for hydroxylation is 2. The first-order chi connectivity index (χ1) is 7.99. The van der Waals surface area contributed by atoms with Gasteiger partial charge in [-0.25, -0.2) is 0 Å². The highest BCUT2D eigenvalue weighted by Crippen LogP contribution is 2.13. The molecule has 17 heavy (non-hydrogen) atoms. The second kappa shape index (κ2) is 6.01. The Hall–Kier alpha value is -1.09. The maximum absolute atomic E-state index is 12.3. The highest BCUT2D eigenvalue weighted by Gasteiger charge is 2.13. The van der Waals surface area contributed by atoms with Crippen molar-refractivity contribution in [2.75, 3.05) is 0 Å². The summed E-state index contributed by atoms with van der Waals surface area (Å²) in [6.07, 6.45) is 3.38. The van der Waals surface area contributed by atoms with E-state index in [4.69, 9.17) is 5.73 Å². The van der Waals surface area contributed by atoms with Crippen molar-refractivity contribution in [3.05, 3.63) is 33.2 Å². The summed E-state index contributed by atoms with van der Waals surface area (Å²) < 4.78 is 1.86. The molecule has 0 aromatic carbocycles. The zero-order chi connectivity index (χ0) is 13.0. The van der Waals surface area contributed by atoms with Gasteiger partial charge in [0.1, 0.15) is 0 Å². The maximum Gasteiger partial charge on any atom is 0.255 e. The molecule has 3 nitrogen and oxygen atoms in total. The number of nitrogens with zero attached hydrogens (tertiary/aromatic N) is 1. The third kappa shape index (κ3) is 3.19. The minimum Gasteiger partial charge on any atom is -0.324 e. The minimum absolute atomic E-state index is 0.0913. The summed E-state index contributed by atoms with van der Waals surface area (Å²) in [4.78, 5) is 12.3. The van der Waals surface area contributed by atoms with E-state index in [9.17, 15) is 4.79 Å². The van der Waals surface area contributed by atoms with Gasteiger partial charge >= 0.3 is 0 Å². The molecule has 0 saturated heterocycles. The van der Waals surface area contributed by atoms with E-state index in [2.05, 4.69) is 13.0 Å². The Morgan fingerprint density at radius 1 is 1.35 bits per heavy atom. The van der Waals surface area contributed by atoms with Crippen LogP contribution in [-0.4, -0.2) is 4.57 Å². The molecule has 0 amide bonds. The van der Waals surface area contributed by atoms with Crippen LogP contribution in [0.15, 0.2) is 10.9 Å². The molecule has 1 aromatic heterocycles. The van der Waals surface area contributed by atoms with Crippen LogP contribution in [0.3, 0.4) is 0 Å². The zero-order valence-corrected chi connectivity index (χ0v) is 11.4. The van der Waals surface area contributed by atoms with Crippen molar-refractivity contribution in [1.82, 2.24) is 4.57 Å². The lowest BCUT2D eigenvalue weighted by Gasteiger charge is -2.16. The lowest BCUT2D eigenvalue weighted by molar-refractivity contribution is 0.567. The standard InChI is InChI=1S/C14H24N2O/c1-5-6-7-8-16-11(3)9-10(2)13(12(4)15)14(16)17/h9,12H,5-8,15H2,1-4H3. The van der Waals surface area contributed by atoms with Gasteiger partial charge in [-0.3, -0.25) is 4.79 Å². The van der Waals surface area contributed by atoms with Crippen LogP contribution in [0.25, 0.3) is 0 Å². The van der Waals surface area contributed by atoms with Crippen LogP contribution >= 0.6 is 0 Å². The van der Waals surface area contributed by atoms with Crippen molar-refractivity contribution >= 4 is 0 Å². The predicted octanol–water partition coefficient (Wildman–Crippen LogP) is 2.68. The summed E-state index contributed by atoms with van der Waals surface area (Å²) in [6, 6.07) is 1.87. The van der Waals surface area contributed by atoms with Gasteiger partial charge in [-0.05, 0) is 38.8 Å². The lowest BCUT2D eigenvalue weighted by Crippen LogP contribution is -2.30. The fourth-order valence-electron chi connectivity index (χ4n) is 2.29. The fraction of sp³-hybridized carbons (Fsp3) is 0.643. The average molecular weight is 236 g/mol. The van der Waals surface area contributed by atoms with E-state index >= 15 is 0 Å². The molecule has 1 heterocycles. The first-order valence-corrected chi connectivity index (χ1v) is 6.45. The molecule has 0 aliphatic carbocycles. The topological polar surface area (TPSA) is 48.0 Å². The maximum atomic E-state index is 12.3. The molecule has 0 fully saturated rings. The van der Waals surface area contributed by atoms with Crippen molar-refractivity contribution in [1.29, 1.82) is 0 Å². The van der Waals surface area contributed by atoms with Crippen molar-refractivity contribution in [2.45, 2.75) is 59.5 Å². The van der Waals surface area contributed by atoms with Crippen LogP contribution < -0.4 is 11.3 Å². The van der Waals surface area contributed by atoms with Crippen LogP contribution in [0.5, 0.6) is 0 Å². The van der Waals surface area contributed by atoms with E-state index in [0.29, 0.717) is 0 Å². The van der Waals surface area contributed by atoms with Gasteiger partial charge in [0.2, 0.25) is 0 Å². The monoisotopic (exact) mass is 236 g/mol. The Balaban J connectivity index is 3.13. The zero-order valence-electron chi connectivity index (χ0n) is 11.4. The van der Waals surface area contributed by atoms with E-state index < -0.39 is 0 Å². The van der Waals surface area contributed by atoms with E-state index in [1.807, 2.05) is 25.3 Å². The Kier molecular flexibility index (Phi) is 4.94. The van der Waals surface area contributed by atoms with E-state index in [1.54, 1.807) is 0 Å². The fourth-order valence-corrected chi connectivity index (χ4v) is 2.29. The molecule has 0 spiro atoms.